The average molecular weight is 175 g/mol. The molecule has 13 heavy (non-hydrogen) atoms. The van der Waals surface area contributed by atoms with Crippen LogP contribution in [-0.2, 0) is 0 Å². The van der Waals surface area contributed by atoms with Gasteiger partial charge in [0.25, 0.3) is 5.91 Å². The minimum Gasteiger partial charge on any atom is -0.399 e. The molecule has 0 heterocycles. The number of amides is 1. The normalized spacial score (nSPS) is 8.85. The molecule has 0 aliphatic carbocycles. The van der Waals surface area contributed by atoms with Gasteiger partial charge in [0, 0.05) is 11.3 Å². The van der Waals surface area contributed by atoms with E-state index >= 15 is 0 Å². The van der Waals surface area contributed by atoms with Crippen LogP contribution in [0.15, 0.2) is 24.3 Å². The molecular formula is C9H9N3O. The van der Waals surface area contributed by atoms with E-state index in [4.69, 9.17) is 11.0 Å². The highest BCUT2D eigenvalue weighted by Gasteiger charge is 2.03. The lowest BCUT2D eigenvalue weighted by Crippen LogP contribution is -2.23. The maximum absolute atomic E-state index is 11.2. The third-order valence-electron chi connectivity index (χ3n) is 1.48. The Labute approximate surface area is 76.0 Å². The number of rotatable bonds is 2. The van der Waals surface area contributed by atoms with E-state index in [-0.39, 0.29) is 12.5 Å². The Morgan fingerprint density at radius 3 is 3.00 bits per heavy atom. The molecule has 1 aromatic rings. The molecular weight excluding hydrogens is 166 g/mol. The highest BCUT2D eigenvalue weighted by Crippen LogP contribution is 2.05. The maximum atomic E-state index is 11.2. The number of anilines is 1. The largest absolute Gasteiger partial charge is 0.399 e. The van der Waals surface area contributed by atoms with E-state index in [0.29, 0.717) is 11.3 Å². The first-order valence-corrected chi connectivity index (χ1v) is 3.74. The number of carbonyl (C=O) groups is 1. The van der Waals surface area contributed by atoms with Crippen molar-refractivity contribution in [3.8, 4) is 6.07 Å². The molecule has 0 unspecified atom stereocenters. The van der Waals surface area contributed by atoms with E-state index in [0.717, 1.165) is 0 Å². The monoisotopic (exact) mass is 175 g/mol. The molecule has 0 aromatic heterocycles. The van der Waals surface area contributed by atoms with Crippen molar-refractivity contribution in [3.05, 3.63) is 29.8 Å². The van der Waals surface area contributed by atoms with Crippen molar-refractivity contribution >= 4 is 11.6 Å². The zero-order valence-corrected chi connectivity index (χ0v) is 6.95. The molecule has 4 heteroatoms. The van der Waals surface area contributed by atoms with Crippen molar-refractivity contribution in [1.82, 2.24) is 5.32 Å². The van der Waals surface area contributed by atoms with Gasteiger partial charge in [-0.05, 0) is 18.2 Å². The van der Waals surface area contributed by atoms with E-state index in [1.807, 2.05) is 6.07 Å². The summed E-state index contributed by atoms with van der Waals surface area (Å²) in [5.41, 5.74) is 6.48. The van der Waals surface area contributed by atoms with Gasteiger partial charge in [-0.15, -0.1) is 0 Å². The Kier molecular flexibility index (Phi) is 2.87. The van der Waals surface area contributed by atoms with Gasteiger partial charge >= 0.3 is 0 Å². The molecule has 0 radical (unpaired) electrons. The minimum atomic E-state index is -0.283. The molecule has 1 amide bonds. The van der Waals surface area contributed by atoms with Gasteiger partial charge in [-0.2, -0.15) is 5.26 Å². The van der Waals surface area contributed by atoms with E-state index in [1.165, 1.54) is 0 Å². The Hall–Kier alpha value is -2.02. The van der Waals surface area contributed by atoms with Gasteiger partial charge in [0.15, 0.2) is 0 Å². The van der Waals surface area contributed by atoms with Crippen molar-refractivity contribution in [2.75, 3.05) is 12.3 Å². The molecule has 0 saturated heterocycles. The second-order valence-corrected chi connectivity index (χ2v) is 2.47. The fraction of sp³-hybridized carbons (Fsp3) is 0.111. The summed E-state index contributed by atoms with van der Waals surface area (Å²) < 4.78 is 0. The smallest absolute Gasteiger partial charge is 0.252 e. The van der Waals surface area contributed by atoms with Crippen LogP contribution in [0.25, 0.3) is 0 Å². The molecule has 0 aliphatic heterocycles. The Balaban J connectivity index is 2.72. The number of carbonyl (C=O) groups excluding carboxylic acids is 1. The van der Waals surface area contributed by atoms with Crippen molar-refractivity contribution in [2.24, 2.45) is 0 Å². The van der Waals surface area contributed by atoms with E-state index in [9.17, 15) is 4.79 Å². The predicted octanol–water partition coefficient (Wildman–Crippen LogP) is 0.522. The summed E-state index contributed by atoms with van der Waals surface area (Å²) in [6.07, 6.45) is 0. The van der Waals surface area contributed by atoms with E-state index < -0.39 is 0 Å². The molecule has 3 N–H and O–H groups in total. The molecule has 0 saturated carbocycles. The second kappa shape index (κ2) is 4.12. The number of nitrogens with zero attached hydrogens (tertiary/aromatic N) is 1. The van der Waals surface area contributed by atoms with E-state index in [1.54, 1.807) is 24.3 Å². The number of nitrogens with one attached hydrogen (secondary N) is 1. The first-order chi connectivity index (χ1) is 6.24. The van der Waals surface area contributed by atoms with Crippen LogP contribution in [0.4, 0.5) is 5.69 Å². The van der Waals surface area contributed by atoms with Gasteiger partial charge in [0.2, 0.25) is 0 Å². The highest BCUT2D eigenvalue weighted by molar-refractivity contribution is 5.95. The molecule has 0 fully saturated rings. The lowest BCUT2D eigenvalue weighted by molar-refractivity contribution is 0.0958. The van der Waals surface area contributed by atoms with E-state index in [2.05, 4.69) is 5.32 Å². The number of hydrogen-bond acceptors (Lipinski definition) is 3. The topological polar surface area (TPSA) is 78.9 Å². The van der Waals surface area contributed by atoms with Crippen LogP contribution in [0.2, 0.25) is 0 Å². The van der Waals surface area contributed by atoms with Crippen molar-refractivity contribution < 1.29 is 4.79 Å². The highest BCUT2D eigenvalue weighted by atomic mass is 16.1. The number of nitriles is 1. The Morgan fingerprint density at radius 2 is 2.38 bits per heavy atom. The van der Waals surface area contributed by atoms with Gasteiger partial charge in [-0.25, -0.2) is 0 Å². The number of nitrogens with two attached hydrogens (primary N) is 1. The Bertz CT molecular complexity index is 354. The summed E-state index contributed by atoms with van der Waals surface area (Å²) >= 11 is 0. The Morgan fingerprint density at radius 1 is 1.62 bits per heavy atom. The predicted molar refractivity (Wildman–Crippen MR) is 48.8 cm³/mol. The van der Waals surface area contributed by atoms with Gasteiger partial charge in [0.1, 0.15) is 6.54 Å². The van der Waals surface area contributed by atoms with Crippen LogP contribution in [0, 0.1) is 11.3 Å². The molecule has 1 aromatic carbocycles. The average Bonchev–Trinajstić information content (AvgIpc) is 2.14. The quantitative estimate of drug-likeness (QED) is 0.508. The van der Waals surface area contributed by atoms with Crippen molar-refractivity contribution in [1.29, 1.82) is 5.26 Å². The molecule has 0 atom stereocenters. The summed E-state index contributed by atoms with van der Waals surface area (Å²) in [5.74, 6) is -0.283. The molecule has 4 nitrogen and oxygen atoms in total. The molecule has 0 bridgehead atoms. The standard InChI is InChI=1S/C9H9N3O/c10-4-5-12-9(13)7-2-1-3-8(11)6-7/h1-3,6H,5,11H2,(H,12,13). The summed E-state index contributed by atoms with van der Waals surface area (Å²) in [6.45, 7) is 0.00757. The van der Waals surface area contributed by atoms with Gasteiger partial charge in [-0.1, -0.05) is 6.07 Å². The van der Waals surface area contributed by atoms with Crippen molar-refractivity contribution in [3.63, 3.8) is 0 Å². The third kappa shape index (κ3) is 2.49. The number of benzene rings is 1. The zero-order valence-electron chi connectivity index (χ0n) is 6.95. The number of nitrogen functional groups attached to an aromatic ring is 1. The van der Waals surface area contributed by atoms with Gasteiger partial charge in [0.05, 0.1) is 6.07 Å². The van der Waals surface area contributed by atoms with Crippen LogP contribution >= 0.6 is 0 Å². The van der Waals surface area contributed by atoms with Crippen LogP contribution in [0.3, 0.4) is 0 Å². The van der Waals surface area contributed by atoms with Crippen molar-refractivity contribution in [2.45, 2.75) is 0 Å². The van der Waals surface area contributed by atoms with Crippen LogP contribution in [0.1, 0.15) is 10.4 Å². The first-order valence-electron chi connectivity index (χ1n) is 3.74. The fourth-order valence-electron chi connectivity index (χ4n) is 0.902. The second-order valence-electron chi connectivity index (χ2n) is 2.47. The maximum Gasteiger partial charge on any atom is 0.252 e. The minimum absolute atomic E-state index is 0.00757. The van der Waals surface area contributed by atoms with Gasteiger partial charge in [-0.3, -0.25) is 4.79 Å². The molecule has 66 valence electrons. The summed E-state index contributed by atoms with van der Waals surface area (Å²) in [5, 5.41) is 10.6. The first kappa shape index (κ1) is 9.07. The summed E-state index contributed by atoms with van der Waals surface area (Å²) in [6, 6.07) is 8.41. The lowest BCUT2D eigenvalue weighted by atomic mass is 10.2. The summed E-state index contributed by atoms with van der Waals surface area (Å²) in [4.78, 5) is 11.2. The van der Waals surface area contributed by atoms with Crippen LogP contribution in [-0.4, -0.2) is 12.5 Å². The number of hydrogen-bond donors (Lipinski definition) is 2. The summed E-state index contributed by atoms with van der Waals surface area (Å²) in [7, 11) is 0. The SMILES string of the molecule is N#CCNC(=O)c1cccc(N)c1. The third-order valence-corrected chi connectivity index (χ3v) is 1.48. The van der Waals surface area contributed by atoms with Crippen LogP contribution < -0.4 is 11.1 Å². The molecule has 1 rings (SSSR count). The van der Waals surface area contributed by atoms with Gasteiger partial charge < -0.3 is 11.1 Å². The zero-order chi connectivity index (χ0) is 9.68. The fourth-order valence-corrected chi connectivity index (χ4v) is 0.902. The molecule has 0 aliphatic rings. The van der Waals surface area contributed by atoms with Crippen LogP contribution in [0.5, 0.6) is 0 Å². The molecule has 0 spiro atoms. The lowest BCUT2D eigenvalue weighted by Gasteiger charge is -2.00.